The second-order valence-electron chi connectivity index (χ2n) is 13.9. The molecule has 0 aromatic carbocycles. The van der Waals surface area contributed by atoms with Gasteiger partial charge in [0.1, 0.15) is 12.6 Å². The van der Waals surface area contributed by atoms with Gasteiger partial charge in [-0.2, -0.15) is 0 Å². The number of esters is 1. The lowest BCUT2D eigenvalue weighted by Crippen LogP contribution is -2.28. The summed E-state index contributed by atoms with van der Waals surface area (Å²) in [5, 5.41) is 11.1. The van der Waals surface area contributed by atoms with Crippen LogP contribution in [0.4, 0.5) is 0 Å². The molecule has 0 rings (SSSR count). The van der Waals surface area contributed by atoms with Crippen LogP contribution < -0.4 is 5.32 Å². The number of carboxylic acid groups (broad SMARTS) is 1. The van der Waals surface area contributed by atoms with Crippen LogP contribution in [0.25, 0.3) is 0 Å². The van der Waals surface area contributed by atoms with Gasteiger partial charge in [-0.05, 0) is 38.5 Å². The Morgan fingerprint density at radius 2 is 0.804 bits per heavy atom. The van der Waals surface area contributed by atoms with Crippen molar-refractivity contribution in [3.8, 4) is 0 Å². The molecule has 1 unspecified atom stereocenters. The second-order valence-corrected chi connectivity index (χ2v) is 13.9. The maximum atomic E-state index is 12.7. The highest BCUT2D eigenvalue weighted by Gasteiger charge is 2.14. The number of amides is 1. The maximum Gasteiger partial charge on any atom is 0.322 e. The third-order valence-corrected chi connectivity index (χ3v) is 9.28. The van der Waals surface area contributed by atoms with Crippen molar-refractivity contribution in [2.24, 2.45) is 0 Å². The fourth-order valence-corrected chi connectivity index (χ4v) is 6.28. The molecule has 0 radical (unpaired) electrons. The second kappa shape index (κ2) is 36.2. The third kappa shape index (κ3) is 35.3. The topological polar surface area (TPSA) is 92.7 Å². The number of ether oxygens (including phenoxy) is 1. The molecule has 1 atom stereocenters. The van der Waals surface area contributed by atoms with Gasteiger partial charge in [-0.1, -0.05) is 174 Å². The lowest BCUT2D eigenvalue weighted by Gasteiger charge is -2.18. The zero-order valence-corrected chi connectivity index (χ0v) is 30.7. The SMILES string of the molecule is CCCCCCCCCCCCCCCCC(=O)OC(CCCCCCCCCCCC)CCCCCCCC(=O)NCC(=O)O. The van der Waals surface area contributed by atoms with E-state index >= 15 is 0 Å². The molecule has 0 spiro atoms. The minimum absolute atomic E-state index is 0.0108. The summed E-state index contributed by atoms with van der Waals surface area (Å²) in [6.45, 7) is 4.23. The first-order valence-electron chi connectivity index (χ1n) is 20.2. The standard InChI is InChI=1S/C40H77NO5/c1-3-5-7-9-11-13-15-16-17-18-20-22-27-31-35-40(45)46-37(32-28-24-21-19-14-12-10-8-6-4-2)33-29-25-23-26-30-34-38(42)41-36-39(43)44/h37H,3-36H2,1-2H3,(H,41,42)(H,43,44). The van der Waals surface area contributed by atoms with E-state index in [1.165, 1.54) is 135 Å². The van der Waals surface area contributed by atoms with Crippen molar-refractivity contribution in [3.05, 3.63) is 0 Å². The van der Waals surface area contributed by atoms with E-state index < -0.39 is 5.97 Å². The van der Waals surface area contributed by atoms with Gasteiger partial charge >= 0.3 is 11.9 Å². The van der Waals surface area contributed by atoms with Gasteiger partial charge in [-0.3, -0.25) is 14.4 Å². The molecule has 0 bridgehead atoms. The molecule has 2 N–H and O–H groups in total. The Hall–Kier alpha value is -1.59. The van der Waals surface area contributed by atoms with Crippen molar-refractivity contribution in [1.29, 1.82) is 0 Å². The van der Waals surface area contributed by atoms with E-state index in [-0.39, 0.29) is 24.5 Å². The van der Waals surface area contributed by atoms with Gasteiger partial charge in [0.15, 0.2) is 0 Å². The Morgan fingerprint density at radius 1 is 0.478 bits per heavy atom. The minimum atomic E-state index is -1.01. The van der Waals surface area contributed by atoms with Crippen LogP contribution in [0.2, 0.25) is 0 Å². The van der Waals surface area contributed by atoms with Crippen molar-refractivity contribution < 1.29 is 24.2 Å². The molecule has 0 aliphatic heterocycles. The summed E-state index contributed by atoms with van der Waals surface area (Å²) in [4.78, 5) is 34.9. The number of hydrogen-bond donors (Lipinski definition) is 2. The predicted molar refractivity (Wildman–Crippen MR) is 194 cm³/mol. The Kier molecular flexibility index (Phi) is 35.0. The average molecular weight is 652 g/mol. The summed E-state index contributed by atoms with van der Waals surface area (Å²) in [6.07, 6.45) is 39.3. The van der Waals surface area contributed by atoms with Gasteiger partial charge in [-0.15, -0.1) is 0 Å². The molecule has 0 saturated carbocycles. The smallest absolute Gasteiger partial charge is 0.322 e. The molecule has 46 heavy (non-hydrogen) atoms. The van der Waals surface area contributed by atoms with Gasteiger partial charge in [0.25, 0.3) is 0 Å². The number of unbranched alkanes of at least 4 members (excludes halogenated alkanes) is 26. The molecule has 0 aromatic heterocycles. The van der Waals surface area contributed by atoms with Crippen molar-refractivity contribution in [3.63, 3.8) is 0 Å². The van der Waals surface area contributed by atoms with Crippen LogP contribution in [0.5, 0.6) is 0 Å². The van der Waals surface area contributed by atoms with E-state index in [1.807, 2.05) is 0 Å². The normalized spacial score (nSPS) is 11.9. The summed E-state index contributed by atoms with van der Waals surface area (Å²) >= 11 is 0. The number of carboxylic acids is 1. The number of carbonyl (C=O) groups excluding carboxylic acids is 2. The van der Waals surface area contributed by atoms with Gasteiger partial charge in [0.05, 0.1) is 0 Å². The first-order chi connectivity index (χ1) is 22.5. The largest absolute Gasteiger partial charge is 0.480 e. The van der Waals surface area contributed by atoms with Crippen molar-refractivity contribution in [1.82, 2.24) is 5.32 Å². The number of aliphatic carboxylic acids is 1. The van der Waals surface area contributed by atoms with E-state index in [0.717, 1.165) is 64.2 Å². The summed E-state index contributed by atoms with van der Waals surface area (Å²) < 4.78 is 6.01. The molecule has 0 aliphatic carbocycles. The van der Waals surface area contributed by atoms with Gasteiger partial charge in [0, 0.05) is 12.8 Å². The van der Waals surface area contributed by atoms with Gasteiger partial charge in [-0.25, -0.2) is 0 Å². The molecule has 272 valence electrons. The molecular weight excluding hydrogens is 574 g/mol. The Bertz CT molecular complexity index is 683. The van der Waals surface area contributed by atoms with Gasteiger partial charge < -0.3 is 15.2 Å². The van der Waals surface area contributed by atoms with Crippen LogP contribution in [-0.2, 0) is 19.1 Å². The van der Waals surface area contributed by atoms with Crippen LogP contribution in [0, 0.1) is 0 Å². The first-order valence-corrected chi connectivity index (χ1v) is 20.2. The van der Waals surface area contributed by atoms with Crippen LogP contribution in [-0.4, -0.2) is 35.6 Å². The minimum Gasteiger partial charge on any atom is -0.480 e. The lowest BCUT2D eigenvalue weighted by atomic mass is 10.0. The van der Waals surface area contributed by atoms with E-state index in [4.69, 9.17) is 9.84 Å². The highest BCUT2D eigenvalue weighted by atomic mass is 16.5. The zero-order chi connectivity index (χ0) is 33.8. The fourth-order valence-electron chi connectivity index (χ4n) is 6.28. The van der Waals surface area contributed by atoms with Crippen LogP contribution in [0.15, 0.2) is 0 Å². The van der Waals surface area contributed by atoms with Gasteiger partial charge in [0.2, 0.25) is 5.91 Å². The Labute approximate surface area is 285 Å². The van der Waals surface area contributed by atoms with Crippen LogP contribution in [0.1, 0.15) is 226 Å². The molecular formula is C40H77NO5. The highest BCUT2D eigenvalue weighted by molar-refractivity contribution is 5.80. The molecule has 6 nitrogen and oxygen atoms in total. The predicted octanol–water partition coefficient (Wildman–Crippen LogP) is 12.0. The monoisotopic (exact) mass is 652 g/mol. The molecule has 0 aliphatic rings. The summed E-state index contributed by atoms with van der Waals surface area (Å²) in [5.74, 6) is -1.21. The molecule has 0 saturated heterocycles. The number of nitrogens with one attached hydrogen (secondary N) is 1. The molecule has 6 heteroatoms. The van der Waals surface area contributed by atoms with Crippen LogP contribution >= 0.6 is 0 Å². The lowest BCUT2D eigenvalue weighted by molar-refractivity contribution is -0.150. The highest BCUT2D eigenvalue weighted by Crippen LogP contribution is 2.19. The number of rotatable bonds is 37. The Morgan fingerprint density at radius 3 is 1.17 bits per heavy atom. The molecule has 0 heterocycles. The van der Waals surface area contributed by atoms with E-state index in [9.17, 15) is 14.4 Å². The quantitative estimate of drug-likeness (QED) is 0.0515. The average Bonchev–Trinajstić information content (AvgIpc) is 3.04. The number of hydrogen-bond acceptors (Lipinski definition) is 4. The van der Waals surface area contributed by atoms with E-state index in [2.05, 4.69) is 19.2 Å². The van der Waals surface area contributed by atoms with Crippen LogP contribution in [0.3, 0.4) is 0 Å². The fraction of sp³-hybridized carbons (Fsp3) is 0.925. The molecule has 0 aromatic rings. The zero-order valence-electron chi connectivity index (χ0n) is 30.7. The van der Waals surface area contributed by atoms with Crippen molar-refractivity contribution >= 4 is 17.8 Å². The first kappa shape index (κ1) is 44.4. The summed E-state index contributed by atoms with van der Waals surface area (Å²) in [5.41, 5.74) is 0. The maximum absolute atomic E-state index is 12.7. The third-order valence-electron chi connectivity index (χ3n) is 9.28. The van der Waals surface area contributed by atoms with Crippen molar-refractivity contribution in [2.45, 2.75) is 232 Å². The summed E-state index contributed by atoms with van der Waals surface area (Å²) in [7, 11) is 0. The van der Waals surface area contributed by atoms with E-state index in [1.54, 1.807) is 0 Å². The Balaban J connectivity index is 4.09. The molecule has 0 fully saturated rings. The van der Waals surface area contributed by atoms with E-state index in [0.29, 0.717) is 12.8 Å². The summed E-state index contributed by atoms with van der Waals surface area (Å²) in [6, 6.07) is 0. The number of carbonyl (C=O) groups is 3. The molecule has 1 amide bonds. The van der Waals surface area contributed by atoms with Crippen molar-refractivity contribution in [2.75, 3.05) is 6.54 Å².